The van der Waals surface area contributed by atoms with Crippen LogP contribution < -0.4 is 5.56 Å². The molecule has 0 radical (unpaired) electrons. The summed E-state index contributed by atoms with van der Waals surface area (Å²) in [6, 6.07) is 4.65. The molecule has 29 heavy (non-hydrogen) atoms. The zero-order valence-corrected chi connectivity index (χ0v) is 17.7. The molecule has 0 saturated carbocycles. The van der Waals surface area contributed by atoms with Crippen molar-refractivity contribution in [1.82, 2.24) is 14.5 Å². The van der Waals surface area contributed by atoms with Gasteiger partial charge < -0.3 is 14.7 Å². The van der Waals surface area contributed by atoms with E-state index in [2.05, 4.69) is 11.9 Å². The summed E-state index contributed by atoms with van der Waals surface area (Å²) in [4.78, 5) is 31.0. The van der Waals surface area contributed by atoms with Crippen LogP contribution in [0, 0.1) is 11.8 Å². The van der Waals surface area contributed by atoms with Crippen LogP contribution in [-0.4, -0.2) is 44.3 Å². The smallest absolute Gasteiger partial charge is 0.410 e. The molecule has 1 aromatic carbocycles. The van der Waals surface area contributed by atoms with Gasteiger partial charge in [0.1, 0.15) is 11.4 Å². The number of hydrogen-bond donors (Lipinski definition) is 1. The average Bonchev–Trinajstić information content (AvgIpc) is 2.63. The quantitative estimate of drug-likeness (QED) is 0.843. The van der Waals surface area contributed by atoms with Crippen molar-refractivity contribution >= 4 is 17.0 Å². The molecule has 1 amide bonds. The Morgan fingerprint density at radius 3 is 2.66 bits per heavy atom. The second-order valence-electron chi connectivity index (χ2n) is 9.16. The molecule has 2 aromatic rings. The first-order valence-corrected chi connectivity index (χ1v) is 10.3. The fraction of sp³-hybridized carbons (Fsp3) is 0.591. The Balaban J connectivity index is 1.55. The van der Waals surface area contributed by atoms with Crippen molar-refractivity contribution in [2.45, 2.75) is 59.1 Å². The lowest BCUT2D eigenvalue weighted by Gasteiger charge is -2.34. The Bertz CT molecular complexity index is 924. The van der Waals surface area contributed by atoms with Crippen molar-refractivity contribution in [3.8, 4) is 5.75 Å². The first-order chi connectivity index (χ1) is 13.6. The van der Waals surface area contributed by atoms with Crippen LogP contribution in [0.1, 0.15) is 47.0 Å². The van der Waals surface area contributed by atoms with Gasteiger partial charge in [-0.15, -0.1) is 0 Å². The number of rotatable bonds is 4. The lowest BCUT2D eigenvalue weighted by molar-refractivity contribution is 0.0175. The van der Waals surface area contributed by atoms with E-state index in [1.54, 1.807) is 21.9 Å². The van der Waals surface area contributed by atoms with Gasteiger partial charge in [-0.2, -0.15) is 0 Å². The van der Waals surface area contributed by atoms with Crippen LogP contribution in [0.4, 0.5) is 4.79 Å². The van der Waals surface area contributed by atoms with Crippen molar-refractivity contribution < 1.29 is 14.6 Å². The van der Waals surface area contributed by atoms with Crippen LogP contribution in [0.5, 0.6) is 5.75 Å². The molecule has 7 heteroatoms. The zero-order valence-electron chi connectivity index (χ0n) is 17.7. The van der Waals surface area contributed by atoms with Gasteiger partial charge in [-0.05, 0) is 70.1 Å². The first-order valence-electron chi connectivity index (χ1n) is 10.3. The van der Waals surface area contributed by atoms with E-state index in [-0.39, 0.29) is 17.4 Å². The predicted octanol–water partition coefficient (Wildman–Crippen LogP) is 3.78. The van der Waals surface area contributed by atoms with Gasteiger partial charge in [0.25, 0.3) is 5.56 Å². The number of carbonyl (C=O) groups excluding carboxylic acids is 1. The Morgan fingerprint density at radius 2 is 2.00 bits per heavy atom. The molecule has 1 aliphatic heterocycles. The number of piperidine rings is 1. The summed E-state index contributed by atoms with van der Waals surface area (Å²) in [5.74, 6) is 0.901. The molecule has 0 spiro atoms. The molecule has 1 fully saturated rings. The third kappa shape index (κ3) is 5.49. The summed E-state index contributed by atoms with van der Waals surface area (Å²) < 4.78 is 7.08. The van der Waals surface area contributed by atoms with Crippen molar-refractivity contribution in [3.05, 3.63) is 34.9 Å². The molecule has 0 aliphatic carbocycles. The van der Waals surface area contributed by atoms with E-state index in [9.17, 15) is 14.7 Å². The van der Waals surface area contributed by atoms with Crippen LogP contribution in [0.25, 0.3) is 10.9 Å². The zero-order chi connectivity index (χ0) is 21.2. The van der Waals surface area contributed by atoms with Crippen molar-refractivity contribution in [2.24, 2.45) is 11.8 Å². The third-order valence-electron chi connectivity index (χ3n) is 5.32. The minimum Gasteiger partial charge on any atom is -0.508 e. The number of fused-ring (bicyclic) bond motifs is 1. The summed E-state index contributed by atoms with van der Waals surface area (Å²) in [7, 11) is 0. The average molecular weight is 402 g/mol. The number of ether oxygens (including phenoxy) is 1. The Labute approximate surface area is 171 Å². The van der Waals surface area contributed by atoms with Crippen LogP contribution in [0.3, 0.4) is 0 Å². The number of phenolic OH excluding ortho intramolecular Hbond substituents is 1. The Hall–Kier alpha value is -2.57. The van der Waals surface area contributed by atoms with Crippen LogP contribution in [0.15, 0.2) is 29.3 Å². The highest BCUT2D eigenvalue weighted by Crippen LogP contribution is 2.26. The van der Waals surface area contributed by atoms with Crippen LogP contribution >= 0.6 is 0 Å². The molecule has 158 valence electrons. The maximum Gasteiger partial charge on any atom is 0.410 e. The molecule has 1 saturated heterocycles. The van der Waals surface area contributed by atoms with Gasteiger partial charge >= 0.3 is 6.09 Å². The molecule has 1 atom stereocenters. The monoisotopic (exact) mass is 401 g/mol. The van der Waals surface area contributed by atoms with E-state index < -0.39 is 5.60 Å². The Kier molecular flexibility index (Phi) is 6.15. The Morgan fingerprint density at radius 1 is 1.31 bits per heavy atom. The lowest BCUT2D eigenvalue weighted by Crippen LogP contribution is -2.42. The molecule has 2 heterocycles. The maximum absolute atomic E-state index is 12.7. The number of aromatic nitrogens is 2. The van der Waals surface area contributed by atoms with Gasteiger partial charge in [0.2, 0.25) is 0 Å². The number of carbonyl (C=O) groups is 1. The highest BCUT2D eigenvalue weighted by molar-refractivity contribution is 5.78. The third-order valence-corrected chi connectivity index (χ3v) is 5.32. The summed E-state index contributed by atoms with van der Waals surface area (Å²) in [5, 5.41) is 10.1. The summed E-state index contributed by atoms with van der Waals surface area (Å²) in [6.45, 7) is 9.79. The number of aromatic hydroxyl groups is 1. The molecule has 1 aromatic heterocycles. The van der Waals surface area contributed by atoms with Gasteiger partial charge in [-0.1, -0.05) is 6.92 Å². The largest absolute Gasteiger partial charge is 0.508 e. The fourth-order valence-electron chi connectivity index (χ4n) is 3.93. The lowest BCUT2D eigenvalue weighted by atomic mass is 9.88. The van der Waals surface area contributed by atoms with E-state index in [0.717, 1.165) is 19.3 Å². The number of likely N-dealkylation sites (tertiary alicyclic amines) is 1. The molecule has 3 rings (SSSR count). The van der Waals surface area contributed by atoms with E-state index in [0.29, 0.717) is 42.4 Å². The van der Waals surface area contributed by atoms with Crippen molar-refractivity contribution in [1.29, 1.82) is 0 Å². The molecule has 1 N–H and O–H groups in total. The second kappa shape index (κ2) is 8.43. The molecular weight excluding hydrogens is 370 g/mol. The van der Waals surface area contributed by atoms with Gasteiger partial charge in [0.05, 0.1) is 17.2 Å². The summed E-state index contributed by atoms with van der Waals surface area (Å²) in [5.41, 5.74) is -0.0101. The molecule has 1 aliphatic rings. The number of hydrogen-bond acceptors (Lipinski definition) is 5. The van der Waals surface area contributed by atoms with E-state index >= 15 is 0 Å². The maximum atomic E-state index is 12.7. The highest BCUT2D eigenvalue weighted by Gasteiger charge is 2.27. The van der Waals surface area contributed by atoms with Crippen molar-refractivity contribution in [2.75, 3.05) is 13.1 Å². The minimum absolute atomic E-state index is 0.0685. The number of phenols is 1. The number of benzene rings is 1. The van der Waals surface area contributed by atoms with Gasteiger partial charge in [0.15, 0.2) is 0 Å². The first kappa shape index (κ1) is 21.1. The number of amides is 1. The molecule has 7 nitrogen and oxygen atoms in total. The molecule has 0 bridgehead atoms. The number of nitrogens with zero attached hydrogens (tertiary/aromatic N) is 3. The minimum atomic E-state index is -0.472. The highest BCUT2D eigenvalue weighted by atomic mass is 16.6. The van der Waals surface area contributed by atoms with Crippen LogP contribution in [0.2, 0.25) is 0 Å². The summed E-state index contributed by atoms with van der Waals surface area (Å²) in [6.07, 6.45) is 4.24. The fourth-order valence-corrected chi connectivity index (χ4v) is 3.93. The SMILES string of the molecule is CC(CC1CCN(C(=O)OC(C)(C)C)CC1)Cn1cnc2ccc(O)cc2c1=O. The van der Waals surface area contributed by atoms with Crippen molar-refractivity contribution in [3.63, 3.8) is 0 Å². The summed E-state index contributed by atoms with van der Waals surface area (Å²) >= 11 is 0. The van der Waals surface area contributed by atoms with Crippen LogP contribution in [-0.2, 0) is 11.3 Å². The van der Waals surface area contributed by atoms with E-state index in [1.165, 1.54) is 12.1 Å². The van der Waals surface area contributed by atoms with E-state index in [1.807, 2.05) is 20.8 Å². The standard InChI is InChI=1S/C22H31N3O4/c1-15(11-16-7-9-24(10-8-16)21(28)29-22(2,3)4)13-25-14-23-19-6-5-17(26)12-18(19)20(25)27/h5-6,12,14-16,26H,7-11,13H2,1-4H3. The van der Waals surface area contributed by atoms with Gasteiger partial charge in [0, 0.05) is 19.6 Å². The predicted molar refractivity (Wildman–Crippen MR) is 112 cm³/mol. The van der Waals surface area contributed by atoms with E-state index in [4.69, 9.17) is 4.74 Å². The molecular formula is C22H31N3O4. The topological polar surface area (TPSA) is 84.7 Å². The van der Waals surface area contributed by atoms with Gasteiger partial charge in [-0.3, -0.25) is 9.36 Å². The normalized spacial score (nSPS) is 16.8. The van der Waals surface area contributed by atoms with Gasteiger partial charge in [-0.25, -0.2) is 9.78 Å². The molecule has 1 unspecified atom stereocenters. The second-order valence-corrected chi connectivity index (χ2v) is 9.16.